The second kappa shape index (κ2) is 6.05. The standard InChI is InChI=1S/C16H16FNO/c1-2-5-14(12-8-10-13(17)11-9-12)18-15-6-3-4-7-16(15)19/h2-4,6-11,14,18-19H,1,5H2. The highest BCUT2D eigenvalue weighted by Crippen LogP contribution is 2.28. The molecule has 0 aromatic heterocycles. The van der Waals surface area contributed by atoms with E-state index in [1.54, 1.807) is 36.4 Å². The molecule has 0 aliphatic rings. The molecule has 1 atom stereocenters. The molecule has 0 spiro atoms. The number of hydrogen-bond donors (Lipinski definition) is 2. The van der Waals surface area contributed by atoms with Gasteiger partial charge < -0.3 is 10.4 Å². The highest BCUT2D eigenvalue weighted by atomic mass is 19.1. The molecule has 0 saturated carbocycles. The van der Waals surface area contributed by atoms with E-state index < -0.39 is 0 Å². The maximum absolute atomic E-state index is 12.9. The number of halogens is 1. The molecular weight excluding hydrogens is 241 g/mol. The Bertz CT molecular complexity index is 551. The van der Waals surface area contributed by atoms with Crippen molar-refractivity contribution in [2.24, 2.45) is 0 Å². The van der Waals surface area contributed by atoms with Crippen molar-refractivity contribution in [3.8, 4) is 5.75 Å². The zero-order valence-electron chi connectivity index (χ0n) is 10.5. The van der Waals surface area contributed by atoms with Crippen LogP contribution >= 0.6 is 0 Å². The first kappa shape index (κ1) is 13.1. The SMILES string of the molecule is C=CCC(Nc1ccccc1O)c1ccc(F)cc1. The Labute approximate surface area is 112 Å². The third-order valence-corrected chi connectivity index (χ3v) is 2.91. The first-order valence-corrected chi connectivity index (χ1v) is 6.11. The molecule has 0 saturated heterocycles. The third-order valence-electron chi connectivity index (χ3n) is 2.91. The minimum atomic E-state index is -0.260. The highest BCUT2D eigenvalue weighted by molar-refractivity contribution is 5.56. The number of phenols is 1. The van der Waals surface area contributed by atoms with E-state index in [1.165, 1.54) is 12.1 Å². The number of nitrogens with one attached hydrogen (secondary N) is 1. The Kier molecular flexibility index (Phi) is 4.18. The molecule has 0 heterocycles. The fraction of sp³-hybridized carbons (Fsp3) is 0.125. The molecule has 0 amide bonds. The summed E-state index contributed by atoms with van der Waals surface area (Å²) in [5.74, 6) is -0.0673. The van der Waals surface area contributed by atoms with Gasteiger partial charge in [-0.15, -0.1) is 6.58 Å². The van der Waals surface area contributed by atoms with Crippen LogP contribution < -0.4 is 5.32 Å². The zero-order valence-corrected chi connectivity index (χ0v) is 10.5. The van der Waals surface area contributed by atoms with Gasteiger partial charge in [-0.05, 0) is 36.2 Å². The van der Waals surface area contributed by atoms with Crippen molar-refractivity contribution >= 4 is 5.69 Å². The van der Waals surface area contributed by atoms with Crippen LogP contribution in [0.5, 0.6) is 5.75 Å². The fourth-order valence-corrected chi connectivity index (χ4v) is 1.92. The summed E-state index contributed by atoms with van der Waals surface area (Å²) in [4.78, 5) is 0. The average molecular weight is 257 g/mol. The van der Waals surface area contributed by atoms with Crippen LogP contribution in [0.4, 0.5) is 10.1 Å². The van der Waals surface area contributed by atoms with Gasteiger partial charge in [0.2, 0.25) is 0 Å². The molecule has 2 rings (SSSR count). The van der Waals surface area contributed by atoms with Crippen molar-refractivity contribution in [2.75, 3.05) is 5.32 Å². The van der Waals surface area contributed by atoms with Crippen molar-refractivity contribution < 1.29 is 9.50 Å². The molecule has 0 aliphatic carbocycles. The van der Waals surface area contributed by atoms with Gasteiger partial charge in [0, 0.05) is 0 Å². The second-order valence-electron chi connectivity index (χ2n) is 4.29. The van der Waals surface area contributed by atoms with Crippen LogP contribution in [0.1, 0.15) is 18.0 Å². The van der Waals surface area contributed by atoms with Crippen molar-refractivity contribution in [1.82, 2.24) is 0 Å². The Morgan fingerprint density at radius 2 is 1.84 bits per heavy atom. The minimum Gasteiger partial charge on any atom is -0.506 e. The van der Waals surface area contributed by atoms with Gasteiger partial charge in [0.25, 0.3) is 0 Å². The van der Waals surface area contributed by atoms with Crippen LogP contribution in [-0.2, 0) is 0 Å². The van der Waals surface area contributed by atoms with Crippen LogP contribution in [0.3, 0.4) is 0 Å². The third kappa shape index (κ3) is 3.35. The Morgan fingerprint density at radius 3 is 2.47 bits per heavy atom. The number of para-hydroxylation sites is 2. The number of phenolic OH excluding ortho intramolecular Hbond substituents is 1. The van der Waals surface area contributed by atoms with E-state index >= 15 is 0 Å². The molecule has 0 radical (unpaired) electrons. The lowest BCUT2D eigenvalue weighted by molar-refractivity contribution is 0.476. The average Bonchev–Trinajstić information content (AvgIpc) is 2.42. The highest BCUT2D eigenvalue weighted by Gasteiger charge is 2.11. The van der Waals surface area contributed by atoms with E-state index in [4.69, 9.17) is 0 Å². The number of aromatic hydroxyl groups is 1. The number of hydrogen-bond acceptors (Lipinski definition) is 2. The molecule has 2 aromatic carbocycles. The van der Waals surface area contributed by atoms with Crippen LogP contribution in [0, 0.1) is 5.82 Å². The van der Waals surface area contributed by atoms with Gasteiger partial charge in [-0.1, -0.05) is 30.3 Å². The maximum atomic E-state index is 12.9. The number of rotatable bonds is 5. The molecule has 0 aliphatic heterocycles. The Balaban J connectivity index is 2.23. The lowest BCUT2D eigenvalue weighted by Crippen LogP contribution is -2.10. The summed E-state index contributed by atoms with van der Waals surface area (Å²) in [5, 5.41) is 13.0. The van der Waals surface area contributed by atoms with E-state index in [0.717, 1.165) is 5.56 Å². The molecule has 19 heavy (non-hydrogen) atoms. The summed E-state index contributed by atoms with van der Waals surface area (Å²) in [5.41, 5.74) is 1.60. The van der Waals surface area contributed by atoms with Crippen molar-refractivity contribution in [3.05, 3.63) is 72.6 Å². The van der Waals surface area contributed by atoms with Gasteiger partial charge in [0.05, 0.1) is 11.7 Å². The molecule has 0 fully saturated rings. The van der Waals surface area contributed by atoms with E-state index in [9.17, 15) is 9.50 Å². The largest absolute Gasteiger partial charge is 0.506 e. The van der Waals surface area contributed by atoms with Crippen LogP contribution in [0.15, 0.2) is 61.2 Å². The molecule has 2 aromatic rings. The van der Waals surface area contributed by atoms with Crippen LogP contribution in [0.2, 0.25) is 0 Å². The normalized spacial score (nSPS) is 11.8. The fourth-order valence-electron chi connectivity index (χ4n) is 1.92. The first-order valence-electron chi connectivity index (χ1n) is 6.11. The number of benzene rings is 2. The predicted octanol–water partition coefficient (Wildman–Crippen LogP) is 4.26. The quantitative estimate of drug-likeness (QED) is 0.619. The van der Waals surface area contributed by atoms with Crippen LogP contribution in [-0.4, -0.2) is 5.11 Å². The van der Waals surface area contributed by atoms with E-state index in [0.29, 0.717) is 12.1 Å². The summed E-state index contributed by atoms with van der Waals surface area (Å²) in [6.45, 7) is 3.73. The summed E-state index contributed by atoms with van der Waals surface area (Å²) >= 11 is 0. The summed E-state index contributed by atoms with van der Waals surface area (Å²) in [6.07, 6.45) is 2.47. The van der Waals surface area contributed by atoms with Gasteiger partial charge in [0.15, 0.2) is 0 Å². The predicted molar refractivity (Wildman–Crippen MR) is 75.7 cm³/mol. The van der Waals surface area contributed by atoms with E-state index in [-0.39, 0.29) is 17.6 Å². The maximum Gasteiger partial charge on any atom is 0.138 e. The second-order valence-corrected chi connectivity index (χ2v) is 4.29. The molecular formula is C16H16FNO. The summed E-state index contributed by atoms with van der Waals surface area (Å²) < 4.78 is 12.9. The lowest BCUT2D eigenvalue weighted by Gasteiger charge is -2.19. The lowest BCUT2D eigenvalue weighted by atomic mass is 10.0. The molecule has 2 nitrogen and oxygen atoms in total. The van der Waals surface area contributed by atoms with Gasteiger partial charge in [-0.3, -0.25) is 0 Å². The molecule has 98 valence electrons. The van der Waals surface area contributed by atoms with E-state index in [2.05, 4.69) is 11.9 Å². The van der Waals surface area contributed by atoms with Gasteiger partial charge in [-0.2, -0.15) is 0 Å². The van der Waals surface area contributed by atoms with Crippen molar-refractivity contribution in [1.29, 1.82) is 0 Å². The van der Waals surface area contributed by atoms with Crippen molar-refractivity contribution in [3.63, 3.8) is 0 Å². The van der Waals surface area contributed by atoms with E-state index in [1.807, 2.05) is 6.07 Å². The molecule has 0 bridgehead atoms. The Morgan fingerprint density at radius 1 is 1.16 bits per heavy atom. The smallest absolute Gasteiger partial charge is 0.138 e. The number of anilines is 1. The van der Waals surface area contributed by atoms with Gasteiger partial charge in [0.1, 0.15) is 11.6 Å². The minimum absolute atomic E-state index is 0.0496. The summed E-state index contributed by atoms with van der Waals surface area (Å²) in [6, 6.07) is 13.3. The molecule has 1 unspecified atom stereocenters. The topological polar surface area (TPSA) is 32.3 Å². The zero-order chi connectivity index (χ0) is 13.7. The Hall–Kier alpha value is -2.29. The van der Waals surface area contributed by atoms with Gasteiger partial charge in [-0.25, -0.2) is 4.39 Å². The van der Waals surface area contributed by atoms with Crippen LogP contribution in [0.25, 0.3) is 0 Å². The summed E-state index contributed by atoms with van der Waals surface area (Å²) in [7, 11) is 0. The molecule has 2 N–H and O–H groups in total. The monoisotopic (exact) mass is 257 g/mol. The van der Waals surface area contributed by atoms with Gasteiger partial charge >= 0.3 is 0 Å². The molecule has 3 heteroatoms. The van der Waals surface area contributed by atoms with Crippen molar-refractivity contribution in [2.45, 2.75) is 12.5 Å². The first-order chi connectivity index (χ1) is 9.20.